The fourth-order valence-electron chi connectivity index (χ4n) is 2.69. The monoisotopic (exact) mass is 543 g/mol. The van der Waals surface area contributed by atoms with Crippen molar-refractivity contribution in [2.75, 3.05) is 99.5 Å². The van der Waals surface area contributed by atoms with Gasteiger partial charge in [0.1, 0.15) is 12.2 Å². The minimum atomic E-state index is -0.510. The van der Waals surface area contributed by atoms with Crippen LogP contribution in [0, 0.1) is 0 Å². The number of hydrogen-bond donors (Lipinski definition) is 0. The third-order valence-electron chi connectivity index (χ3n) is 4.61. The zero-order valence-electron chi connectivity index (χ0n) is 23.3. The van der Waals surface area contributed by atoms with Crippen molar-refractivity contribution in [2.45, 2.75) is 26.4 Å². The maximum atomic E-state index is 11.8. The first-order chi connectivity index (χ1) is 18.3. The highest BCUT2D eigenvalue weighted by atomic mass is 16.6. The summed E-state index contributed by atoms with van der Waals surface area (Å²) < 4.78 is 43.0. The zero-order chi connectivity index (χ0) is 27.9. The summed E-state index contributed by atoms with van der Waals surface area (Å²) in [5.74, 6) is -0.359. The summed E-state index contributed by atoms with van der Waals surface area (Å²) >= 11 is 0. The Morgan fingerprint density at radius 3 is 1.45 bits per heavy atom. The fraction of sp³-hybridized carbons (Fsp3) is 0.704. The molecule has 0 fully saturated rings. The van der Waals surface area contributed by atoms with Gasteiger partial charge in [0.05, 0.1) is 84.8 Å². The van der Waals surface area contributed by atoms with Crippen LogP contribution in [0.5, 0.6) is 0 Å². The van der Waals surface area contributed by atoms with Gasteiger partial charge < -0.3 is 42.8 Å². The van der Waals surface area contributed by atoms with Gasteiger partial charge in [0.15, 0.2) is 0 Å². The van der Waals surface area contributed by atoms with Gasteiger partial charge in [-0.1, -0.05) is 18.2 Å². The number of likely N-dealkylation sites (N-methyl/N-ethyl adjacent to an activating group) is 1. The molecule has 11 heteroatoms. The molecule has 1 aromatic rings. The predicted molar refractivity (Wildman–Crippen MR) is 141 cm³/mol. The molecule has 0 aliphatic carbocycles. The molecule has 0 N–H and O–H groups in total. The van der Waals surface area contributed by atoms with Crippen LogP contribution in [0.15, 0.2) is 30.3 Å². The summed E-state index contributed by atoms with van der Waals surface area (Å²) in [5, 5.41) is 0. The lowest BCUT2D eigenvalue weighted by Crippen LogP contribution is -2.36. The van der Waals surface area contributed by atoms with E-state index in [9.17, 15) is 9.59 Å². The molecule has 218 valence electrons. The van der Waals surface area contributed by atoms with Gasteiger partial charge in [0, 0.05) is 13.6 Å². The van der Waals surface area contributed by atoms with Gasteiger partial charge in [-0.15, -0.1) is 0 Å². The van der Waals surface area contributed by atoms with Crippen molar-refractivity contribution >= 4 is 12.1 Å². The van der Waals surface area contributed by atoms with E-state index in [1.807, 2.05) is 26.8 Å². The molecule has 0 heterocycles. The average Bonchev–Trinajstić information content (AvgIpc) is 2.88. The van der Waals surface area contributed by atoms with Crippen molar-refractivity contribution in [3.63, 3.8) is 0 Å². The Hall–Kier alpha value is -2.28. The number of esters is 1. The van der Waals surface area contributed by atoms with E-state index in [4.69, 9.17) is 37.9 Å². The Morgan fingerprint density at radius 1 is 0.632 bits per heavy atom. The molecule has 0 saturated carbocycles. The molecule has 1 amide bonds. The Labute approximate surface area is 226 Å². The van der Waals surface area contributed by atoms with E-state index in [2.05, 4.69) is 0 Å². The third-order valence-corrected chi connectivity index (χ3v) is 4.61. The van der Waals surface area contributed by atoms with Crippen molar-refractivity contribution in [1.29, 1.82) is 0 Å². The second-order valence-corrected chi connectivity index (χ2v) is 9.08. The molecular formula is C27H45NO10. The number of ether oxygens (including phenoxy) is 8. The van der Waals surface area contributed by atoms with E-state index < -0.39 is 5.60 Å². The van der Waals surface area contributed by atoms with E-state index in [1.165, 1.54) is 4.90 Å². The maximum absolute atomic E-state index is 11.8. The van der Waals surface area contributed by atoms with Gasteiger partial charge in [-0.2, -0.15) is 0 Å². The molecule has 0 aromatic heterocycles. The van der Waals surface area contributed by atoms with Crippen LogP contribution in [-0.2, 0) is 37.9 Å². The van der Waals surface area contributed by atoms with Crippen LogP contribution in [0.4, 0.5) is 4.79 Å². The zero-order valence-corrected chi connectivity index (χ0v) is 23.3. The van der Waals surface area contributed by atoms with Crippen LogP contribution < -0.4 is 0 Å². The molecular weight excluding hydrogens is 498 g/mol. The van der Waals surface area contributed by atoms with Crippen molar-refractivity contribution in [3.8, 4) is 0 Å². The molecule has 0 bridgehead atoms. The van der Waals surface area contributed by atoms with Gasteiger partial charge in [0.2, 0.25) is 0 Å². The van der Waals surface area contributed by atoms with Crippen molar-refractivity contribution in [3.05, 3.63) is 35.9 Å². The second-order valence-electron chi connectivity index (χ2n) is 9.08. The summed E-state index contributed by atoms with van der Waals surface area (Å²) in [6, 6.07) is 8.83. The lowest BCUT2D eigenvalue weighted by molar-refractivity contribution is -0.0202. The highest BCUT2D eigenvalue weighted by Crippen LogP contribution is 2.08. The van der Waals surface area contributed by atoms with Crippen LogP contribution in [0.2, 0.25) is 0 Å². The van der Waals surface area contributed by atoms with Gasteiger partial charge in [-0.25, -0.2) is 9.59 Å². The highest BCUT2D eigenvalue weighted by Gasteiger charge is 2.19. The summed E-state index contributed by atoms with van der Waals surface area (Å²) in [7, 11) is 1.68. The number of amides is 1. The quantitative estimate of drug-likeness (QED) is 0.160. The van der Waals surface area contributed by atoms with Crippen LogP contribution in [0.1, 0.15) is 31.1 Å². The first-order valence-electron chi connectivity index (χ1n) is 12.9. The molecule has 1 rings (SSSR count). The number of nitrogens with zero attached hydrogens (tertiary/aromatic N) is 1. The summed E-state index contributed by atoms with van der Waals surface area (Å²) in [5.41, 5.74) is 0.0128. The largest absolute Gasteiger partial charge is 0.460 e. The summed E-state index contributed by atoms with van der Waals surface area (Å²) in [4.78, 5) is 25.1. The van der Waals surface area contributed by atoms with Crippen LogP contribution in [-0.4, -0.2) is 122 Å². The molecule has 11 nitrogen and oxygen atoms in total. The van der Waals surface area contributed by atoms with Crippen molar-refractivity contribution in [2.24, 2.45) is 0 Å². The highest BCUT2D eigenvalue weighted by molar-refractivity contribution is 5.89. The molecule has 0 saturated heterocycles. The average molecular weight is 544 g/mol. The Morgan fingerprint density at radius 2 is 1.03 bits per heavy atom. The molecule has 38 heavy (non-hydrogen) atoms. The third kappa shape index (κ3) is 19.8. The first-order valence-corrected chi connectivity index (χ1v) is 12.9. The van der Waals surface area contributed by atoms with Crippen LogP contribution >= 0.6 is 0 Å². The smallest absolute Gasteiger partial charge is 0.410 e. The molecule has 0 unspecified atom stereocenters. The number of carbonyl (C=O) groups is 2. The molecule has 0 atom stereocenters. The number of benzene rings is 1. The minimum Gasteiger partial charge on any atom is -0.460 e. The molecule has 0 spiro atoms. The standard InChI is InChI=1S/C27H45NO10/c1-27(2,3)38-26(30)28(4)10-11-31-12-13-32-14-15-33-16-17-34-18-19-35-20-21-36-22-23-37-25(29)24-8-6-5-7-9-24/h5-9H,10-23H2,1-4H3. The lowest BCUT2D eigenvalue weighted by Gasteiger charge is -2.24. The number of carbonyl (C=O) groups excluding carboxylic acids is 2. The Balaban J connectivity index is 1.75. The van der Waals surface area contributed by atoms with E-state index in [0.29, 0.717) is 91.4 Å². The van der Waals surface area contributed by atoms with Crippen LogP contribution in [0.3, 0.4) is 0 Å². The minimum absolute atomic E-state index is 0.199. The lowest BCUT2D eigenvalue weighted by atomic mass is 10.2. The molecule has 0 aliphatic rings. The molecule has 0 radical (unpaired) electrons. The van der Waals surface area contributed by atoms with Crippen molar-refractivity contribution in [1.82, 2.24) is 4.90 Å². The summed E-state index contributed by atoms with van der Waals surface area (Å²) in [6.07, 6.45) is -0.367. The second kappa shape index (κ2) is 21.6. The van der Waals surface area contributed by atoms with Gasteiger partial charge >= 0.3 is 12.1 Å². The fourth-order valence-corrected chi connectivity index (χ4v) is 2.69. The van der Waals surface area contributed by atoms with Crippen LogP contribution in [0.25, 0.3) is 0 Å². The SMILES string of the molecule is CN(CCOCCOCCOCCOCCOCCOCCOC(=O)c1ccccc1)C(=O)OC(C)(C)C. The van der Waals surface area contributed by atoms with Gasteiger partial charge in [-0.3, -0.25) is 0 Å². The van der Waals surface area contributed by atoms with Gasteiger partial charge in [-0.05, 0) is 32.9 Å². The number of hydrogen-bond acceptors (Lipinski definition) is 10. The first kappa shape index (κ1) is 33.7. The van der Waals surface area contributed by atoms with E-state index in [0.717, 1.165) is 0 Å². The summed E-state index contributed by atoms with van der Waals surface area (Å²) in [6.45, 7) is 11.4. The van der Waals surface area contributed by atoms with E-state index in [-0.39, 0.29) is 18.7 Å². The van der Waals surface area contributed by atoms with E-state index in [1.54, 1.807) is 31.3 Å². The van der Waals surface area contributed by atoms with Gasteiger partial charge in [0.25, 0.3) is 0 Å². The van der Waals surface area contributed by atoms with Crippen molar-refractivity contribution < 1.29 is 47.5 Å². The Kier molecular flexibility index (Phi) is 19.2. The predicted octanol–water partition coefficient (Wildman–Crippen LogP) is 2.81. The Bertz CT molecular complexity index is 726. The maximum Gasteiger partial charge on any atom is 0.410 e. The van der Waals surface area contributed by atoms with E-state index >= 15 is 0 Å². The topological polar surface area (TPSA) is 111 Å². The molecule has 1 aromatic carbocycles. The normalized spacial score (nSPS) is 11.4. The molecule has 0 aliphatic heterocycles. The number of rotatable bonds is 22.